The van der Waals surface area contributed by atoms with E-state index in [-0.39, 0.29) is 42.9 Å². The number of nitrogens with zero attached hydrogens (tertiary/aromatic N) is 1. The summed E-state index contributed by atoms with van der Waals surface area (Å²) in [5.74, 6) is -0.562. The van der Waals surface area contributed by atoms with Crippen molar-refractivity contribution in [3.63, 3.8) is 0 Å². The van der Waals surface area contributed by atoms with Gasteiger partial charge in [-0.05, 0) is 13.3 Å². The van der Waals surface area contributed by atoms with Crippen molar-refractivity contribution in [2.45, 2.75) is 32.2 Å². The average molecular weight is 321 g/mol. The summed E-state index contributed by atoms with van der Waals surface area (Å²) in [5.41, 5.74) is 0. The number of rotatable bonds is 8. The summed E-state index contributed by atoms with van der Waals surface area (Å²) in [6.07, 6.45) is 0.478. The number of hydrogen-bond acceptors (Lipinski definition) is 6. The quantitative estimate of drug-likeness (QED) is 0.584. The number of carbonyl (C=O) groups is 2. The van der Waals surface area contributed by atoms with Crippen LogP contribution in [-0.2, 0) is 28.9 Å². The largest absolute Gasteiger partial charge is 0.466 e. The first kappa shape index (κ1) is 17.9. The van der Waals surface area contributed by atoms with Gasteiger partial charge in [0.25, 0.3) is 0 Å². The molecular weight excluding hydrogens is 298 g/mol. The van der Waals surface area contributed by atoms with Crippen LogP contribution >= 0.6 is 0 Å². The number of esters is 1. The SMILES string of the molecule is CCOC(=O)CCC(=O)N(CCOC)C1CCS(=O)(=O)C1. The fourth-order valence-corrected chi connectivity index (χ4v) is 4.04. The van der Waals surface area contributed by atoms with Crippen molar-refractivity contribution >= 4 is 21.7 Å². The zero-order valence-electron chi connectivity index (χ0n) is 12.5. The highest BCUT2D eigenvalue weighted by Gasteiger charge is 2.34. The van der Waals surface area contributed by atoms with Crippen molar-refractivity contribution < 1.29 is 27.5 Å². The molecule has 0 aliphatic carbocycles. The zero-order valence-corrected chi connectivity index (χ0v) is 13.4. The topological polar surface area (TPSA) is 90.0 Å². The number of carbonyl (C=O) groups excluding carboxylic acids is 2. The predicted molar refractivity (Wildman–Crippen MR) is 76.5 cm³/mol. The lowest BCUT2D eigenvalue weighted by atomic mass is 10.2. The summed E-state index contributed by atoms with van der Waals surface area (Å²) in [4.78, 5) is 25.0. The van der Waals surface area contributed by atoms with Gasteiger partial charge in [0.2, 0.25) is 5.91 Å². The van der Waals surface area contributed by atoms with Gasteiger partial charge in [-0.3, -0.25) is 9.59 Å². The molecule has 0 aromatic carbocycles. The predicted octanol–water partition coefficient (Wildman–Crippen LogP) is -0.00820. The molecule has 0 saturated carbocycles. The van der Waals surface area contributed by atoms with Crippen LogP contribution in [0.25, 0.3) is 0 Å². The molecule has 1 aliphatic rings. The van der Waals surface area contributed by atoms with Crippen LogP contribution in [0.4, 0.5) is 0 Å². The molecule has 1 fully saturated rings. The van der Waals surface area contributed by atoms with Gasteiger partial charge in [-0.2, -0.15) is 0 Å². The second-order valence-electron chi connectivity index (χ2n) is 4.94. The third-order valence-corrected chi connectivity index (χ3v) is 5.10. The van der Waals surface area contributed by atoms with Crippen LogP contribution in [0.3, 0.4) is 0 Å². The molecule has 0 N–H and O–H groups in total. The van der Waals surface area contributed by atoms with Crippen LogP contribution in [-0.4, -0.2) is 69.6 Å². The van der Waals surface area contributed by atoms with Crippen molar-refractivity contribution in [1.29, 1.82) is 0 Å². The summed E-state index contributed by atoms with van der Waals surface area (Å²) in [6.45, 7) is 2.65. The molecule has 1 unspecified atom stereocenters. The zero-order chi connectivity index (χ0) is 15.9. The highest BCUT2D eigenvalue weighted by Crippen LogP contribution is 2.19. The third kappa shape index (κ3) is 6.01. The van der Waals surface area contributed by atoms with Gasteiger partial charge in [0.05, 0.1) is 31.1 Å². The van der Waals surface area contributed by atoms with Crippen molar-refractivity contribution in [2.75, 3.05) is 38.4 Å². The van der Waals surface area contributed by atoms with Gasteiger partial charge in [-0.25, -0.2) is 8.42 Å². The maximum absolute atomic E-state index is 12.2. The summed E-state index contributed by atoms with van der Waals surface area (Å²) in [6, 6.07) is -0.320. The van der Waals surface area contributed by atoms with Crippen molar-refractivity contribution in [1.82, 2.24) is 4.90 Å². The lowest BCUT2D eigenvalue weighted by Crippen LogP contribution is -2.43. The Hall–Kier alpha value is -1.15. The summed E-state index contributed by atoms with van der Waals surface area (Å²) in [5, 5.41) is 0. The minimum Gasteiger partial charge on any atom is -0.466 e. The molecule has 1 aliphatic heterocycles. The van der Waals surface area contributed by atoms with E-state index >= 15 is 0 Å². The molecule has 8 heteroatoms. The maximum Gasteiger partial charge on any atom is 0.306 e. The number of hydrogen-bond donors (Lipinski definition) is 0. The monoisotopic (exact) mass is 321 g/mol. The minimum atomic E-state index is -3.07. The summed E-state index contributed by atoms with van der Waals surface area (Å²) in [7, 11) is -1.54. The van der Waals surface area contributed by atoms with Gasteiger partial charge >= 0.3 is 5.97 Å². The molecule has 1 rings (SSSR count). The molecule has 0 radical (unpaired) electrons. The molecule has 0 aromatic heterocycles. The van der Waals surface area contributed by atoms with Gasteiger partial charge in [0, 0.05) is 26.1 Å². The lowest BCUT2D eigenvalue weighted by Gasteiger charge is -2.28. The lowest BCUT2D eigenvalue weighted by molar-refractivity contribution is -0.146. The Morgan fingerprint density at radius 2 is 2.00 bits per heavy atom. The highest BCUT2D eigenvalue weighted by molar-refractivity contribution is 7.91. The van der Waals surface area contributed by atoms with Crippen LogP contribution in [0.1, 0.15) is 26.2 Å². The number of sulfone groups is 1. The molecule has 0 aromatic rings. The van der Waals surface area contributed by atoms with Crippen molar-refractivity contribution in [2.24, 2.45) is 0 Å². The standard InChI is InChI=1S/C13H23NO6S/c1-3-20-13(16)5-4-12(15)14(7-8-19-2)11-6-9-21(17,18)10-11/h11H,3-10H2,1-2H3. The second kappa shape index (κ2) is 8.33. The normalized spacial score (nSPS) is 20.2. The van der Waals surface area contributed by atoms with Crippen LogP contribution in [0, 0.1) is 0 Å². The first-order valence-corrected chi connectivity index (χ1v) is 8.86. The van der Waals surface area contributed by atoms with Gasteiger partial charge in [0.15, 0.2) is 9.84 Å². The van der Waals surface area contributed by atoms with E-state index < -0.39 is 15.8 Å². The molecule has 1 saturated heterocycles. The van der Waals surface area contributed by atoms with Gasteiger partial charge in [-0.1, -0.05) is 0 Å². The first-order chi connectivity index (χ1) is 9.89. The molecule has 21 heavy (non-hydrogen) atoms. The van der Waals surface area contributed by atoms with E-state index in [0.29, 0.717) is 19.6 Å². The smallest absolute Gasteiger partial charge is 0.306 e. The van der Waals surface area contributed by atoms with E-state index in [1.165, 1.54) is 12.0 Å². The Bertz CT molecular complexity index is 461. The molecule has 7 nitrogen and oxygen atoms in total. The van der Waals surface area contributed by atoms with Crippen molar-refractivity contribution in [3.8, 4) is 0 Å². The van der Waals surface area contributed by atoms with Crippen LogP contribution in [0.5, 0.6) is 0 Å². The average Bonchev–Trinajstić information content (AvgIpc) is 2.77. The van der Waals surface area contributed by atoms with Crippen LogP contribution in [0.2, 0.25) is 0 Å². The van der Waals surface area contributed by atoms with E-state index in [4.69, 9.17) is 9.47 Å². The molecule has 122 valence electrons. The number of methoxy groups -OCH3 is 1. The van der Waals surface area contributed by atoms with Gasteiger partial charge in [-0.15, -0.1) is 0 Å². The third-order valence-electron chi connectivity index (χ3n) is 3.35. The van der Waals surface area contributed by atoms with Gasteiger partial charge < -0.3 is 14.4 Å². The van der Waals surface area contributed by atoms with E-state index in [9.17, 15) is 18.0 Å². The molecule has 1 amide bonds. The van der Waals surface area contributed by atoms with E-state index in [0.717, 1.165) is 0 Å². The number of amides is 1. The Morgan fingerprint density at radius 3 is 2.52 bits per heavy atom. The summed E-state index contributed by atoms with van der Waals surface area (Å²) < 4.78 is 32.8. The Kier molecular flexibility index (Phi) is 7.10. The van der Waals surface area contributed by atoms with Crippen LogP contribution in [0.15, 0.2) is 0 Å². The molecule has 0 spiro atoms. The fraction of sp³-hybridized carbons (Fsp3) is 0.846. The van der Waals surface area contributed by atoms with E-state index in [2.05, 4.69) is 0 Å². The van der Waals surface area contributed by atoms with Crippen LogP contribution < -0.4 is 0 Å². The molecule has 0 bridgehead atoms. The van der Waals surface area contributed by atoms with E-state index in [1.807, 2.05) is 0 Å². The Labute approximate surface area is 125 Å². The molecule has 1 atom stereocenters. The minimum absolute atomic E-state index is 0.00955. The Morgan fingerprint density at radius 1 is 1.29 bits per heavy atom. The second-order valence-corrected chi connectivity index (χ2v) is 7.17. The Balaban J connectivity index is 2.60. The first-order valence-electron chi connectivity index (χ1n) is 7.04. The molecule has 1 heterocycles. The fourth-order valence-electron chi connectivity index (χ4n) is 2.31. The number of ether oxygens (including phenoxy) is 2. The van der Waals surface area contributed by atoms with E-state index in [1.54, 1.807) is 6.92 Å². The molecular formula is C13H23NO6S. The maximum atomic E-state index is 12.2. The highest BCUT2D eigenvalue weighted by atomic mass is 32.2. The summed E-state index contributed by atoms with van der Waals surface area (Å²) >= 11 is 0. The van der Waals surface area contributed by atoms with Crippen molar-refractivity contribution in [3.05, 3.63) is 0 Å². The van der Waals surface area contributed by atoms with Gasteiger partial charge in [0.1, 0.15) is 0 Å².